The molecule has 0 bridgehead atoms. The van der Waals surface area contributed by atoms with Crippen LogP contribution in [0.3, 0.4) is 0 Å². The molecule has 0 amide bonds. The monoisotopic (exact) mass is 535 g/mol. The van der Waals surface area contributed by atoms with Crippen LogP contribution in [0.5, 0.6) is 0 Å². The van der Waals surface area contributed by atoms with Crippen molar-refractivity contribution in [2.45, 2.75) is 101 Å². The highest BCUT2D eigenvalue weighted by atomic mass is 14.3. The van der Waals surface area contributed by atoms with E-state index in [2.05, 4.69) is 161 Å². The average Bonchev–Trinajstić information content (AvgIpc) is 2.85. The quantitative estimate of drug-likeness (QED) is 0.193. The molecule has 0 nitrogen and oxygen atoms in total. The van der Waals surface area contributed by atoms with Crippen molar-refractivity contribution in [3.05, 3.63) is 136 Å². The minimum Gasteiger partial charge on any atom is -0.0696 e. The van der Waals surface area contributed by atoms with Crippen LogP contribution in [0.4, 0.5) is 0 Å². The lowest BCUT2D eigenvalue weighted by Gasteiger charge is -2.32. The number of rotatable bonds is 10. The number of hydrogen-bond acceptors (Lipinski definition) is 0. The van der Waals surface area contributed by atoms with Crippen LogP contribution in [0, 0.1) is 17.3 Å². The first kappa shape index (κ1) is 33.2. The van der Waals surface area contributed by atoms with Gasteiger partial charge in [-0.25, -0.2) is 0 Å². The lowest BCUT2D eigenvalue weighted by Crippen LogP contribution is -2.19. The van der Waals surface area contributed by atoms with Gasteiger partial charge in [-0.1, -0.05) is 109 Å². The van der Waals surface area contributed by atoms with E-state index in [9.17, 15) is 0 Å². The smallest absolute Gasteiger partial charge is 0.0696 e. The summed E-state index contributed by atoms with van der Waals surface area (Å²) in [5.41, 5.74) is 11.5. The normalized spacial score (nSPS) is 21.8. The van der Waals surface area contributed by atoms with Crippen molar-refractivity contribution >= 4 is 0 Å². The van der Waals surface area contributed by atoms with Crippen molar-refractivity contribution in [2.24, 2.45) is 10.8 Å². The summed E-state index contributed by atoms with van der Waals surface area (Å²) in [4.78, 5) is 0. The van der Waals surface area contributed by atoms with Crippen molar-refractivity contribution < 1.29 is 0 Å². The molecule has 0 N–H and O–H groups in total. The van der Waals surface area contributed by atoms with Gasteiger partial charge in [-0.3, -0.25) is 0 Å². The third-order valence-corrected chi connectivity index (χ3v) is 8.21. The maximum Gasteiger partial charge on any atom is 0.107 e. The van der Waals surface area contributed by atoms with Crippen LogP contribution in [0.2, 0.25) is 0 Å². The third kappa shape index (κ3) is 11.2. The molecule has 2 aliphatic rings. The second-order valence-electron chi connectivity index (χ2n) is 13.1. The standard InChI is InChI=1S/C40H55/c1-31(19-13-21-33(3)25-27-37-35(5)23-15-29-39(37,7)8)17-11-12-18-32(2)20-14-22-34(4)26-28-38-36(6)24-16-30-40(38,9)10/h11-14,17-23,25-28H,15-16,24,29-30H2,1-10H3/q+1/b12-11+,19-13+,20-14+,27-25+,28-26+,31-17+,32-18+,33-21+,34-22+. The van der Waals surface area contributed by atoms with Crippen molar-refractivity contribution in [3.63, 3.8) is 0 Å². The Hall–Kier alpha value is -2.99. The average molecular weight is 536 g/mol. The highest BCUT2D eigenvalue weighted by Gasteiger charge is 2.34. The van der Waals surface area contributed by atoms with E-state index < -0.39 is 0 Å². The first-order valence-corrected chi connectivity index (χ1v) is 15.1. The number of hydrogen-bond donors (Lipinski definition) is 0. The molecule has 0 aromatic carbocycles. The van der Waals surface area contributed by atoms with Crippen molar-refractivity contribution in [1.82, 2.24) is 0 Å². The summed E-state index contributed by atoms with van der Waals surface area (Å²) in [5.74, 6) is 0. The highest BCUT2D eigenvalue weighted by molar-refractivity contribution is 5.40. The van der Waals surface area contributed by atoms with Gasteiger partial charge in [0.2, 0.25) is 0 Å². The fraction of sp³-hybridized carbons (Fsp3) is 0.425. The highest BCUT2D eigenvalue weighted by Crippen LogP contribution is 2.41. The second kappa shape index (κ2) is 15.7. The lowest BCUT2D eigenvalue weighted by atomic mass is 9.72. The van der Waals surface area contributed by atoms with Crippen LogP contribution in [0.1, 0.15) is 101 Å². The molecule has 0 heterocycles. The van der Waals surface area contributed by atoms with E-state index in [4.69, 9.17) is 0 Å². The Morgan fingerprint density at radius 1 is 0.600 bits per heavy atom. The van der Waals surface area contributed by atoms with Gasteiger partial charge in [-0.05, 0) is 104 Å². The zero-order chi connectivity index (χ0) is 29.8. The summed E-state index contributed by atoms with van der Waals surface area (Å²) < 4.78 is 0. The van der Waals surface area contributed by atoms with Gasteiger partial charge >= 0.3 is 0 Å². The summed E-state index contributed by atoms with van der Waals surface area (Å²) in [6.45, 7) is 22.6. The van der Waals surface area contributed by atoms with Gasteiger partial charge in [-0.15, -0.1) is 0 Å². The molecule has 2 aliphatic carbocycles. The molecule has 0 heteroatoms. The largest absolute Gasteiger partial charge is 0.107 e. The van der Waals surface area contributed by atoms with Crippen molar-refractivity contribution in [2.75, 3.05) is 0 Å². The van der Waals surface area contributed by atoms with E-state index in [1.165, 1.54) is 71.1 Å². The summed E-state index contributed by atoms with van der Waals surface area (Å²) in [5, 5.41) is 0. The van der Waals surface area contributed by atoms with E-state index in [1.54, 1.807) is 5.57 Å². The summed E-state index contributed by atoms with van der Waals surface area (Å²) in [6.07, 6.45) is 39.2. The molecule has 0 spiro atoms. The molecule has 0 aromatic rings. The maximum atomic E-state index is 2.37. The van der Waals surface area contributed by atoms with Gasteiger partial charge in [0.15, 0.2) is 0 Å². The van der Waals surface area contributed by atoms with E-state index >= 15 is 0 Å². The molecule has 0 atom stereocenters. The Morgan fingerprint density at radius 2 is 1.05 bits per heavy atom. The maximum absolute atomic E-state index is 2.37. The second-order valence-corrected chi connectivity index (χ2v) is 13.1. The molecule has 0 radical (unpaired) electrons. The van der Waals surface area contributed by atoms with E-state index in [0.717, 1.165) is 0 Å². The molecule has 214 valence electrons. The molecule has 40 heavy (non-hydrogen) atoms. The fourth-order valence-corrected chi connectivity index (χ4v) is 5.57. The van der Waals surface area contributed by atoms with Gasteiger partial charge in [0.05, 0.1) is 11.0 Å². The van der Waals surface area contributed by atoms with Gasteiger partial charge in [0.1, 0.15) is 5.57 Å². The van der Waals surface area contributed by atoms with Gasteiger partial charge in [0.25, 0.3) is 0 Å². The predicted octanol–water partition coefficient (Wildman–Crippen LogP) is 12.4. The molecule has 2 rings (SSSR count). The topological polar surface area (TPSA) is 0 Å². The van der Waals surface area contributed by atoms with Crippen molar-refractivity contribution in [3.8, 4) is 0 Å². The van der Waals surface area contributed by atoms with Crippen LogP contribution in [0.15, 0.2) is 130 Å². The fourth-order valence-electron chi connectivity index (χ4n) is 5.57. The minimum atomic E-state index is 0.260. The van der Waals surface area contributed by atoms with Crippen LogP contribution < -0.4 is 0 Å². The number of allylic oxidation sites excluding steroid dienone is 22. The van der Waals surface area contributed by atoms with E-state index in [-0.39, 0.29) is 5.41 Å². The van der Waals surface area contributed by atoms with Crippen molar-refractivity contribution in [1.29, 1.82) is 0 Å². The zero-order valence-corrected chi connectivity index (χ0v) is 27.2. The Balaban J connectivity index is 1.89. The Kier molecular flexibility index (Phi) is 13.0. The predicted molar refractivity (Wildman–Crippen MR) is 181 cm³/mol. The summed E-state index contributed by atoms with van der Waals surface area (Å²) in [6, 6.07) is 0. The summed E-state index contributed by atoms with van der Waals surface area (Å²) in [7, 11) is 0. The molecular weight excluding hydrogens is 480 g/mol. The Labute approximate surface area is 247 Å². The molecule has 0 aromatic heterocycles. The lowest BCUT2D eigenvalue weighted by molar-refractivity contribution is 0.377. The Bertz CT molecular complexity index is 1120. The third-order valence-electron chi connectivity index (χ3n) is 8.21. The Morgan fingerprint density at radius 3 is 1.55 bits per heavy atom. The van der Waals surface area contributed by atoms with Gasteiger partial charge < -0.3 is 0 Å². The minimum absolute atomic E-state index is 0.260. The molecule has 0 unspecified atom stereocenters. The molecular formula is C40H55+. The van der Waals surface area contributed by atoms with E-state index in [0.29, 0.717) is 5.41 Å². The van der Waals surface area contributed by atoms with Crippen LogP contribution in [-0.4, -0.2) is 0 Å². The first-order chi connectivity index (χ1) is 18.8. The van der Waals surface area contributed by atoms with Gasteiger partial charge in [-0.2, -0.15) is 0 Å². The molecule has 0 fully saturated rings. The molecule has 0 aliphatic heterocycles. The molecule has 0 saturated heterocycles. The van der Waals surface area contributed by atoms with Gasteiger partial charge in [0, 0.05) is 18.9 Å². The zero-order valence-electron chi connectivity index (χ0n) is 27.2. The van der Waals surface area contributed by atoms with E-state index in [1.807, 2.05) is 0 Å². The SMILES string of the molecule is CC1=C(/C=C/C(C)=C/C=C/C(C)=C/C=C/C=C(C)/C=C/C=C(C)/C=C/C2=C(C)CCCC2(C)C)C(C)(C)CC[CH+]1. The summed E-state index contributed by atoms with van der Waals surface area (Å²) >= 11 is 0. The first-order valence-electron chi connectivity index (χ1n) is 15.1. The van der Waals surface area contributed by atoms with Crippen LogP contribution in [0.25, 0.3) is 0 Å². The van der Waals surface area contributed by atoms with Crippen LogP contribution >= 0.6 is 0 Å². The molecule has 0 saturated carbocycles. The van der Waals surface area contributed by atoms with Crippen LogP contribution in [-0.2, 0) is 0 Å².